The lowest BCUT2D eigenvalue weighted by atomic mass is 9.88. The van der Waals surface area contributed by atoms with E-state index in [0.717, 1.165) is 5.56 Å². The average Bonchev–Trinajstić information content (AvgIpc) is 3.01. The minimum absolute atomic E-state index is 0.557. The van der Waals surface area contributed by atoms with Crippen molar-refractivity contribution in [2.24, 2.45) is 17.3 Å². The third-order valence-corrected chi connectivity index (χ3v) is 4.58. The van der Waals surface area contributed by atoms with Crippen LogP contribution in [0.15, 0.2) is 30.3 Å². The van der Waals surface area contributed by atoms with Crippen molar-refractivity contribution in [1.82, 2.24) is 0 Å². The second kappa shape index (κ2) is 2.70. The monoisotopic (exact) mass is 232 g/mol. The van der Waals surface area contributed by atoms with Crippen LogP contribution in [0.5, 0.6) is 0 Å². The van der Waals surface area contributed by atoms with E-state index in [4.69, 9.17) is 10.2 Å². The molecule has 0 spiro atoms. The Bertz CT molecular complexity index is 497. The van der Waals surface area contributed by atoms with Gasteiger partial charge in [-0.25, -0.2) is 0 Å². The van der Waals surface area contributed by atoms with Gasteiger partial charge in [-0.05, 0) is 5.56 Å². The van der Waals surface area contributed by atoms with Crippen LogP contribution in [0.1, 0.15) is 12.5 Å². The lowest BCUT2D eigenvalue weighted by Crippen LogP contribution is -2.27. The molecular formula is C13H12O4. The summed E-state index contributed by atoms with van der Waals surface area (Å²) in [4.78, 5) is 22.3. The number of aliphatic carboxylic acids is 2. The largest absolute Gasteiger partial charge is 0.481 e. The van der Waals surface area contributed by atoms with Gasteiger partial charge in [0.15, 0.2) is 0 Å². The summed E-state index contributed by atoms with van der Waals surface area (Å²) in [5.41, 5.74) is -0.444. The highest BCUT2D eigenvalue weighted by Gasteiger charge is 3.00. The van der Waals surface area contributed by atoms with Crippen molar-refractivity contribution in [1.29, 1.82) is 0 Å². The van der Waals surface area contributed by atoms with E-state index in [0.29, 0.717) is 0 Å². The molecule has 2 atom stereocenters. The highest BCUT2D eigenvalue weighted by molar-refractivity contribution is 5.95. The summed E-state index contributed by atoms with van der Waals surface area (Å²) >= 11 is 0. The number of fused-ring (bicyclic) bond motifs is 1. The standard InChI is InChI=1S/C13H12O4/c1-12-8(10(14)15)13(12,9(12)11(16)17)7-5-3-2-4-6-7/h2-6,8-9H,1H3,(H,14,15)(H,16,17). The smallest absolute Gasteiger partial charge is 0.308 e. The van der Waals surface area contributed by atoms with Crippen LogP contribution < -0.4 is 0 Å². The zero-order chi connectivity index (χ0) is 12.4. The lowest BCUT2D eigenvalue weighted by molar-refractivity contribution is -0.146. The zero-order valence-corrected chi connectivity index (χ0v) is 9.25. The van der Waals surface area contributed by atoms with Gasteiger partial charge >= 0.3 is 11.9 Å². The maximum absolute atomic E-state index is 11.2. The summed E-state index contributed by atoms with van der Waals surface area (Å²) in [6.45, 7) is 1.76. The minimum Gasteiger partial charge on any atom is -0.481 e. The fraction of sp³-hybridized carbons (Fsp3) is 0.385. The SMILES string of the molecule is CC12C(C(=O)O)C1(c1ccccc1)C2C(=O)O. The number of carboxylic acids is 2. The number of carboxylic acid groups (broad SMARTS) is 2. The van der Waals surface area contributed by atoms with Crippen LogP contribution in [0.25, 0.3) is 0 Å². The molecule has 0 amide bonds. The van der Waals surface area contributed by atoms with Gasteiger partial charge in [0.05, 0.1) is 11.8 Å². The summed E-state index contributed by atoms with van der Waals surface area (Å²) in [7, 11) is 0. The Morgan fingerprint density at radius 2 is 1.53 bits per heavy atom. The van der Waals surface area contributed by atoms with Gasteiger partial charge < -0.3 is 10.2 Å². The Morgan fingerprint density at radius 3 is 1.94 bits per heavy atom. The van der Waals surface area contributed by atoms with Crippen LogP contribution in [0.2, 0.25) is 0 Å². The molecule has 0 radical (unpaired) electrons. The first-order valence-corrected chi connectivity index (χ1v) is 5.50. The molecule has 2 unspecified atom stereocenters. The number of rotatable bonds is 3. The number of hydrogen-bond donors (Lipinski definition) is 2. The van der Waals surface area contributed by atoms with Crippen molar-refractivity contribution < 1.29 is 19.8 Å². The molecule has 0 heterocycles. The van der Waals surface area contributed by atoms with E-state index in [1.807, 2.05) is 30.3 Å². The lowest BCUT2D eigenvalue weighted by Gasteiger charge is -2.15. The molecule has 4 nitrogen and oxygen atoms in total. The quantitative estimate of drug-likeness (QED) is 0.825. The van der Waals surface area contributed by atoms with Gasteiger partial charge in [0, 0.05) is 10.8 Å². The molecule has 4 heteroatoms. The Hall–Kier alpha value is -1.84. The number of benzene rings is 1. The second-order valence-corrected chi connectivity index (χ2v) is 5.06. The second-order valence-electron chi connectivity index (χ2n) is 5.06. The average molecular weight is 232 g/mol. The summed E-state index contributed by atoms with van der Waals surface area (Å²) < 4.78 is 0. The molecule has 0 saturated heterocycles. The zero-order valence-electron chi connectivity index (χ0n) is 9.25. The molecule has 1 aromatic rings. The molecule has 0 aliphatic heterocycles. The maximum Gasteiger partial charge on any atom is 0.308 e. The van der Waals surface area contributed by atoms with Crippen molar-refractivity contribution >= 4 is 11.9 Å². The topological polar surface area (TPSA) is 74.6 Å². The first-order valence-electron chi connectivity index (χ1n) is 5.50. The van der Waals surface area contributed by atoms with Gasteiger partial charge in [-0.15, -0.1) is 0 Å². The fourth-order valence-corrected chi connectivity index (χ4v) is 3.84. The maximum atomic E-state index is 11.2. The van der Waals surface area contributed by atoms with E-state index in [1.165, 1.54) is 0 Å². The fourth-order valence-electron chi connectivity index (χ4n) is 3.84. The van der Waals surface area contributed by atoms with E-state index in [1.54, 1.807) is 6.92 Å². The summed E-state index contributed by atoms with van der Waals surface area (Å²) in [6, 6.07) is 9.12. The molecule has 1 aromatic carbocycles. The van der Waals surface area contributed by atoms with Gasteiger partial charge in [-0.1, -0.05) is 37.3 Å². The van der Waals surface area contributed by atoms with Gasteiger partial charge in [0.25, 0.3) is 0 Å². The molecule has 3 rings (SSSR count). The summed E-state index contributed by atoms with van der Waals surface area (Å²) in [5.74, 6) is -2.90. The van der Waals surface area contributed by atoms with Crippen LogP contribution in [-0.2, 0) is 15.0 Å². The van der Waals surface area contributed by atoms with Gasteiger partial charge in [0.1, 0.15) is 0 Å². The first kappa shape index (κ1) is 10.3. The molecular weight excluding hydrogens is 220 g/mol. The number of carbonyl (C=O) groups is 2. The van der Waals surface area contributed by atoms with Crippen LogP contribution in [0.4, 0.5) is 0 Å². The van der Waals surface area contributed by atoms with Crippen LogP contribution in [-0.4, -0.2) is 22.2 Å². The summed E-state index contributed by atoms with van der Waals surface area (Å²) in [5, 5.41) is 18.3. The molecule has 88 valence electrons. The molecule has 2 aliphatic rings. The van der Waals surface area contributed by atoms with E-state index in [-0.39, 0.29) is 0 Å². The Kier molecular flexibility index (Phi) is 1.64. The highest BCUT2D eigenvalue weighted by atomic mass is 16.4. The van der Waals surface area contributed by atoms with Crippen LogP contribution in [0, 0.1) is 17.3 Å². The molecule has 2 fully saturated rings. The minimum atomic E-state index is -0.895. The van der Waals surface area contributed by atoms with E-state index in [9.17, 15) is 9.59 Å². The Morgan fingerprint density at radius 1 is 1.06 bits per heavy atom. The Labute approximate surface area is 97.9 Å². The first-order chi connectivity index (χ1) is 7.99. The predicted octanol–water partition coefficient (Wildman–Crippen LogP) is 1.36. The third-order valence-electron chi connectivity index (χ3n) is 4.58. The molecule has 2 aliphatic carbocycles. The van der Waals surface area contributed by atoms with Crippen LogP contribution >= 0.6 is 0 Å². The molecule has 0 aromatic heterocycles. The van der Waals surface area contributed by atoms with Crippen molar-refractivity contribution in [2.45, 2.75) is 12.3 Å². The van der Waals surface area contributed by atoms with Crippen molar-refractivity contribution in [3.63, 3.8) is 0 Å². The highest BCUT2D eigenvalue weighted by Crippen LogP contribution is 2.93. The van der Waals surface area contributed by atoms with Gasteiger partial charge in [-0.3, -0.25) is 9.59 Å². The Balaban J connectivity index is 2.07. The van der Waals surface area contributed by atoms with E-state index in [2.05, 4.69) is 0 Å². The predicted molar refractivity (Wildman–Crippen MR) is 58.5 cm³/mol. The van der Waals surface area contributed by atoms with Gasteiger partial charge in [0.2, 0.25) is 0 Å². The van der Waals surface area contributed by atoms with Crippen molar-refractivity contribution in [3.8, 4) is 0 Å². The number of hydrogen-bond acceptors (Lipinski definition) is 2. The normalized spacial score (nSPS) is 41.5. The molecule has 17 heavy (non-hydrogen) atoms. The molecule has 0 bridgehead atoms. The van der Waals surface area contributed by atoms with Crippen LogP contribution in [0.3, 0.4) is 0 Å². The van der Waals surface area contributed by atoms with Gasteiger partial charge in [-0.2, -0.15) is 0 Å². The molecule has 2 N–H and O–H groups in total. The van der Waals surface area contributed by atoms with Crippen molar-refractivity contribution in [2.75, 3.05) is 0 Å². The summed E-state index contributed by atoms with van der Waals surface area (Å²) in [6.07, 6.45) is 0. The molecule has 2 saturated carbocycles. The van der Waals surface area contributed by atoms with Crippen molar-refractivity contribution in [3.05, 3.63) is 35.9 Å². The third kappa shape index (κ3) is 0.866. The van der Waals surface area contributed by atoms with E-state index < -0.39 is 34.6 Å². The van der Waals surface area contributed by atoms with E-state index >= 15 is 0 Å².